The van der Waals surface area contributed by atoms with E-state index in [1.807, 2.05) is 0 Å². The molecule has 1 atom stereocenters. The van der Waals surface area contributed by atoms with E-state index in [0.717, 1.165) is 11.3 Å². The van der Waals surface area contributed by atoms with Gasteiger partial charge in [0.05, 0.1) is 7.11 Å². The molecule has 96 valence electrons. The molecular formula is C12H15N3O3. The van der Waals surface area contributed by atoms with Gasteiger partial charge in [-0.05, 0) is 18.2 Å². The highest BCUT2D eigenvalue weighted by Crippen LogP contribution is 2.33. The van der Waals surface area contributed by atoms with Crippen LogP contribution in [0.15, 0.2) is 18.2 Å². The smallest absolute Gasteiger partial charge is 0.246 e. The Morgan fingerprint density at radius 1 is 1.56 bits per heavy atom. The van der Waals surface area contributed by atoms with Crippen molar-refractivity contribution in [1.82, 2.24) is 5.32 Å². The third-order valence-electron chi connectivity index (χ3n) is 2.81. The van der Waals surface area contributed by atoms with Crippen molar-refractivity contribution in [2.75, 3.05) is 19.0 Å². The zero-order valence-corrected chi connectivity index (χ0v) is 10.0. The predicted octanol–water partition coefficient (Wildman–Crippen LogP) is 0.153. The molecule has 1 heterocycles. The molecule has 1 aliphatic rings. The van der Waals surface area contributed by atoms with Gasteiger partial charge in [-0.2, -0.15) is 0 Å². The molecular weight excluding hydrogens is 234 g/mol. The van der Waals surface area contributed by atoms with Crippen LogP contribution >= 0.6 is 0 Å². The minimum Gasteiger partial charge on any atom is -0.497 e. The van der Waals surface area contributed by atoms with E-state index in [0.29, 0.717) is 12.3 Å². The normalized spacial score (nSPS) is 17.2. The van der Waals surface area contributed by atoms with Gasteiger partial charge < -0.3 is 21.1 Å². The largest absolute Gasteiger partial charge is 0.497 e. The number of nitrogens with two attached hydrogens (primary N) is 1. The molecule has 6 heteroatoms. The van der Waals surface area contributed by atoms with E-state index in [9.17, 15) is 9.59 Å². The molecule has 0 aliphatic carbocycles. The van der Waals surface area contributed by atoms with E-state index >= 15 is 0 Å². The highest BCUT2D eigenvalue weighted by Gasteiger charge is 2.30. The van der Waals surface area contributed by atoms with Crippen molar-refractivity contribution in [1.29, 1.82) is 0 Å². The summed E-state index contributed by atoms with van der Waals surface area (Å²) in [7, 11) is 1.57. The number of ether oxygens (including phenoxy) is 1. The Bertz CT molecular complexity index is 487. The van der Waals surface area contributed by atoms with Crippen molar-refractivity contribution >= 4 is 17.5 Å². The lowest BCUT2D eigenvalue weighted by Crippen LogP contribution is -2.30. The second-order valence-corrected chi connectivity index (χ2v) is 4.05. The zero-order chi connectivity index (χ0) is 13.1. The van der Waals surface area contributed by atoms with Crippen molar-refractivity contribution in [2.45, 2.75) is 12.5 Å². The molecule has 1 aromatic rings. The van der Waals surface area contributed by atoms with Gasteiger partial charge in [-0.3, -0.25) is 9.59 Å². The monoisotopic (exact) mass is 249 g/mol. The molecule has 0 aromatic heterocycles. The van der Waals surface area contributed by atoms with Gasteiger partial charge in [0.1, 0.15) is 11.8 Å². The molecule has 0 radical (unpaired) electrons. The average Bonchev–Trinajstić information content (AvgIpc) is 2.64. The summed E-state index contributed by atoms with van der Waals surface area (Å²) in [6, 6.07) is 4.91. The first-order valence-electron chi connectivity index (χ1n) is 5.62. The number of hydrogen-bond acceptors (Lipinski definition) is 4. The van der Waals surface area contributed by atoms with Crippen molar-refractivity contribution in [3.05, 3.63) is 23.8 Å². The van der Waals surface area contributed by atoms with E-state index in [2.05, 4.69) is 10.6 Å². The highest BCUT2D eigenvalue weighted by atomic mass is 16.5. The Labute approximate surface area is 104 Å². The van der Waals surface area contributed by atoms with Gasteiger partial charge in [0, 0.05) is 24.2 Å². The molecule has 0 saturated heterocycles. The Morgan fingerprint density at radius 2 is 2.33 bits per heavy atom. The summed E-state index contributed by atoms with van der Waals surface area (Å²) in [4.78, 5) is 22.4. The van der Waals surface area contributed by atoms with Gasteiger partial charge in [0.25, 0.3) is 0 Å². The minimum absolute atomic E-state index is 0.136. The maximum absolute atomic E-state index is 11.8. The van der Waals surface area contributed by atoms with Crippen LogP contribution in [0.1, 0.15) is 18.0 Å². The third kappa shape index (κ3) is 2.43. The molecule has 1 aliphatic heterocycles. The molecule has 18 heavy (non-hydrogen) atoms. The molecule has 0 fully saturated rings. The Balaban J connectivity index is 2.13. The van der Waals surface area contributed by atoms with Gasteiger partial charge in [0.2, 0.25) is 11.8 Å². The van der Waals surface area contributed by atoms with Crippen molar-refractivity contribution in [3.63, 3.8) is 0 Å². The summed E-state index contributed by atoms with van der Waals surface area (Å²) >= 11 is 0. The van der Waals surface area contributed by atoms with E-state index in [1.165, 1.54) is 0 Å². The standard InChI is InChI=1S/C12H15N3O3/c1-18-7-2-3-9-8(6-7)11(12(17)15-9)14-5-4-10(13)16/h2-3,6,11,14H,4-5H2,1H3,(H2,13,16)(H,15,17). The number of hydrogen-bond donors (Lipinski definition) is 3. The van der Waals surface area contributed by atoms with Crippen LogP contribution in [-0.4, -0.2) is 25.5 Å². The number of rotatable bonds is 5. The van der Waals surface area contributed by atoms with Crippen LogP contribution in [0.2, 0.25) is 0 Å². The lowest BCUT2D eigenvalue weighted by atomic mass is 10.1. The van der Waals surface area contributed by atoms with Gasteiger partial charge in [-0.15, -0.1) is 0 Å². The number of nitrogens with one attached hydrogen (secondary N) is 2. The van der Waals surface area contributed by atoms with Crippen molar-refractivity contribution in [2.24, 2.45) is 5.73 Å². The third-order valence-corrected chi connectivity index (χ3v) is 2.81. The number of anilines is 1. The van der Waals surface area contributed by atoms with Crippen LogP contribution in [0.3, 0.4) is 0 Å². The number of benzene rings is 1. The SMILES string of the molecule is COc1ccc2c(c1)C(NCCC(N)=O)C(=O)N2. The summed E-state index contributed by atoms with van der Waals surface area (Å²) in [5, 5.41) is 5.77. The van der Waals surface area contributed by atoms with Crippen LogP contribution in [0.4, 0.5) is 5.69 Å². The lowest BCUT2D eigenvalue weighted by molar-refractivity contribution is -0.119. The van der Waals surface area contributed by atoms with Crippen LogP contribution in [0, 0.1) is 0 Å². The van der Waals surface area contributed by atoms with Crippen LogP contribution < -0.4 is 21.1 Å². The summed E-state index contributed by atoms with van der Waals surface area (Å²) < 4.78 is 5.12. The Hall–Kier alpha value is -2.08. The van der Waals surface area contributed by atoms with Gasteiger partial charge in [-0.1, -0.05) is 0 Å². The number of carbonyl (C=O) groups excluding carboxylic acids is 2. The molecule has 2 amide bonds. The predicted molar refractivity (Wildman–Crippen MR) is 66.2 cm³/mol. The molecule has 2 rings (SSSR count). The van der Waals surface area contributed by atoms with E-state index in [4.69, 9.17) is 10.5 Å². The maximum atomic E-state index is 11.8. The fourth-order valence-electron chi connectivity index (χ4n) is 1.91. The Kier molecular flexibility index (Phi) is 3.47. The molecule has 0 bridgehead atoms. The summed E-state index contributed by atoms with van der Waals surface area (Å²) in [6.45, 7) is 0.365. The highest BCUT2D eigenvalue weighted by molar-refractivity contribution is 6.02. The molecule has 1 unspecified atom stereocenters. The molecule has 0 saturated carbocycles. The first-order valence-corrected chi connectivity index (χ1v) is 5.62. The van der Waals surface area contributed by atoms with Gasteiger partial charge in [-0.25, -0.2) is 0 Å². The summed E-state index contributed by atoms with van der Waals surface area (Å²) in [6.07, 6.45) is 0.198. The first-order chi connectivity index (χ1) is 8.61. The van der Waals surface area contributed by atoms with Crippen LogP contribution in [-0.2, 0) is 9.59 Å². The quantitative estimate of drug-likeness (QED) is 0.692. The first kappa shape index (κ1) is 12.4. The van der Waals surface area contributed by atoms with E-state index in [1.54, 1.807) is 25.3 Å². The van der Waals surface area contributed by atoms with Gasteiger partial charge in [0.15, 0.2) is 0 Å². The molecule has 1 aromatic carbocycles. The minimum atomic E-state index is -0.463. The average molecular weight is 249 g/mol. The maximum Gasteiger partial charge on any atom is 0.246 e. The summed E-state index contributed by atoms with van der Waals surface area (Å²) in [5.41, 5.74) is 6.64. The number of fused-ring (bicyclic) bond motifs is 1. The molecule has 0 spiro atoms. The topological polar surface area (TPSA) is 93.4 Å². The van der Waals surface area contributed by atoms with Crippen LogP contribution in [0.25, 0.3) is 0 Å². The number of carbonyl (C=O) groups is 2. The zero-order valence-electron chi connectivity index (χ0n) is 10.0. The number of primary amides is 1. The second-order valence-electron chi connectivity index (χ2n) is 4.05. The molecule has 4 N–H and O–H groups in total. The fraction of sp³-hybridized carbons (Fsp3) is 0.333. The van der Waals surface area contributed by atoms with Gasteiger partial charge >= 0.3 is 0 Å². The van der Waals surface area contributed by atoms with Crippen molar-refractivity contribution in [3.8, 4) is 5.75 Å². The Morgan fingerprint density at radius 3 is 3.00 bits per heavy atom. The number of methoxy groups -OCH3 is 1. The van der Waals surface area contributed by atoms with Crippen LogP contribution in [0.5, 0.6) is 5.75 Å². The number of amides is 2. The lowest BCUT2D eigenvalue weighted by Gasteiger charge is -2.11. The van der Waals surface area contributed by atoms with E-state index in [-0.39, 0.29) is 12.3 Å². The van der Waals surface area contributed by atoms with E-state index < -0.39 is 11.9 Å². The second kappa shape index (κ2) is 5.05. The molecule has 6 nitrogen and oxygen atoms in total. The fourth-order valence-corrected chi connectivity index (χ4v) is 1.91. The van der Waals surface area contributed by atoms with Crippen molar-refractivity contribution < 1.29 is 14.3 Å². The summed E-state index contributed by atoms with van der Waals surface area (Å²) in [5.74, 6) is 0.154.